The van der Waals surface area contributed by atoms with Crippen molar-refractivity contribution < 1.29 is 22.7 Å². The summed E-state index contributed by atoms with van der Waals surface area (Å²) < 4.78 is 34.1. The maximum absolute atomic E-state index is 14.2. The van der Waals surface area contributed by atoms with E-state index in [2.05, 4.69) is 5.32 Å². The van der Waals surface area contributed by atoms with Crippen LogP contribution in [-0.4, -0.2) is 50.9 Å². The Labute approximate surface area is 253 Å². The third-order valence-electron chi connectivity index (χ3n) is 7.58. The Kier molecular flexibility index (Phi) is 10.9. The van der Waals surface area contributed by atoms with Gasteiger partial charge in [0.25, 0.3) is 10.0 Å². The van der Waals surface area contributed by atoms with Crippen LogP contribution in [0.5, 0.6) is 5.75 Å². The number of rotatable bonds is 12. The van der Waals surface area contributed by atoms with Crippen molar-refractivity contribution in [2.24, 2.45) is 0 Å². The van der Waals surface area contributed by atoms with Crippen LogP contribution in [0.25, 0.3) is 0 Å². The van der Waals surface area contributed by atoms with Crippen molar-refractivity contribution in [1.29, 1.82) is 0 Å². The lowest BCUT2D eigenvalue weighted by Crippen LogP contribution is -2.54. The summed E-state index contributed by atoms with van der Waals surface area (Å²) in [5.74, 6) is -0.0880. The second-order valence-electron chi connectivity index (χ2n) is 10.4. The Morgan fingerprint density at radius 2 is 1.60 bits per heavy atom. The van der Waals surface area contributed by atoms with Crippen LogP contribution in [0.4, 0.5) is 5.69 Å². The molecule has 1 aliphatic rings. The summed E-state index contributed by atoms with van der Waals surface area (Å²) in [6.45, 7) is 1.43. The molecule has 224 valence electrons. The number of hydrogen-bond donors (Lipinski definition) is 1. The van der Waals surface area contributed by atoms with Gasteiger partial charge in [0.2, 0.25) is 11.8 Å². The molecular formula is C32H38ClN3O5S. The maximum atomic E-state index is 14.2. The Morgan fingerprint density at radius 3 is 2.21 bits per heavy atom. The summed E-state index contributed by atoms with van der Waals surface area (Å²) >= 11 is 6.48. The molecule has 1 unspecified atom stereocenters. The van der Waals surface area contributed by atoms with E-state index in [4.69, 9.17) is 16.3 Å². The van der Waals surface area contributed by atoms with E-state index in [1.807, 2.05) is 19.1 Å². The lowest BCUT2D eigenvalue weighted by atomic mass is 9.95. The minimum Gasteiger partial charge on any atom is -0.497 e. The molecule has 1 fully saturated rings. The number of nitrogens with zero attached hydrogens (tertiary/aromatic N) is 2. The standard InChI is InChI=1S/C32H38ClN3O5S/c1-3-29(32(38)34-25-12-6-4-7-13-25)35(22-24-18-20-26(41-2)21-19-24)31(37)23-36(30-17-11-10-16-28(30)33)42(39,40)27-14-8-5-9-15-27/h5,8-11,14-21,25,29H,3-4,6-7,12-13,22-23H2,1-2H3,(H,34,38). The van der Waals surface area contributed by atoms with Gasteiger partial charge in [-0.3, -0.25) is 13.9 Å². The topological polar surface area (TPSA) is 96.0 Å². The van der Waals surface area contributed by atoms with Gasteiger partial charge in [0.15, 0.2) is 0 Å². The quantitative estimate of drug-likeness (QED) is 0.279. The Balaban J connectivity index is 1.70. The van der Waals surface area contributed by atoms with Crippen LogP contribution in [-0.2, 0) is 26.2 Å². The number of carbonyl (C=O) groups is 2. The summed E-state index contributed by atoms with van der Waals surface area (Å²) in [5.41, 5.74) is 0.962. The molecule has 3 aromatic carbocycles. The number of anilines is 1. The lowest BCUT2D eigenvalue weighted by Gasteiger charge is -2.34. The van der Waals surface area contributed by atoms with Crippen molar-refractivity contribution in [1.82, 2.24) is 10.2 Å². The van der Waals surface area contributed by atoms with Crippen molar-refractivity contribution in [2.45, 2.75) is 69.0 Å². The van der Waals surface area contributed by atoms with E-state index in [9.17, 15) is 18.0 Å². The van der Waals surface area contributed by atoms with Crippen LogP contribution in [0.2, 0.25) is 5.02 Å². The first-order chi connectivity index (χ1) is 20.2. The average Bonchev–Trinajstić information content (AvgIpc) is 3.01. The number of halogens is 1. The predicted octanol–water partition coefficient (Wildman–Crippen LogP) is 5.80. The summed E-state index contributed by atoms with van der Waals surface area (Å²) in [7, 11) is -2.60. The zero-order valence-electron chi connectivity index (χ0n) is 24.0. The highest BCUT2D eigenvalue weighted by Crippen LogP contribution is 2.31. The zero-order chi connectivity index (χ0) is 30.1. The second-order valence-corrected chi connectivity index (χ2v) is 12.7. The molecule has 0 aromatic heterocycles. The van der Waals surface area contributed by atoms with Crippen LogP contribution in [0.3, 0.4) is 0 Å². The van der Waals surface area contributed by atoms with E-state index in [-0.39, 0.29) is 34.1 Å². The first-order valence-electron chi connectivity index (χ1n) is 14.3. The molecule has 1 atom stereocenters. The van der Waals surface area contributed by atoms with Crippen LogP contribution in [0, 0.1) is 0 Å². The van der Waals surface area contributed by atoms with Gasteiger partial charge in [-0.2, -0.15) is 0 Å². The number of benzene rings is 3. The molecule has 1 N–H and O–H groups in total. The molecule has 0 bridgehead atoms. The first kappa shape index (κ1) is 31.4. The minimum absolute atomic E-state index is 0.0292. The summed E-state index contributed by atoms with van der Waals surface area (Å²) in [6, 6.07) is 20.9. The molecule has 0 spiro atoms. The Hall–Kier alpha value is -3.56. The fourth-order valence-electron chi connectivity index (χ4n) is 5.28. The smallest absolute Gasteiger partial charge is 0.264 e. The molecule has 3 aromatic rings. The molecule has 2 amide bonds. The average molecular weight is 612 g/mol. The molecule has 0 heterocycles. The molecule has 0 aliphatic heterocycles. The van der Waals surface area contributed by atoms with Gasteiger partial charge < -0.3 is 15.0 Å². The second kappa shape index (κ2) is 14.6. The zero-order valence-corrected chi connectivity index (χ0v) is 25.6. The normalized spacial score (nSPS) is 14.5. The van der Waals surface area contributed by atoms with Crippen LogP contribution in [0.15, 0.2) is 83.8 Å². The van der Waals surface area contributed by atoms with E-state index in [0.717, 1.165) is 42.0 Å². The molecule has 1 aliphatic carbocycles. The van der Waals surface area contributed by atoms with Crippen molar-refractivity contribution in [2.75, 3.05) is 18.0 Å². The molecule has 8 nitrogen and oxygen atoms in total. The van der Waals surface area contributed by atoms with E-state index in [1.165, 1.54) is 17.0 Å². The van der Waals surface area contributed by atoms with Crippen molar-refractivity contribution in [3.05, 3.63) is 89.4 Å². The van der Waals surface area contributed by atoms with Crippen LogP contribution < -0.4 is 14.4 Å². The molecule has 4 rings (SSSR count). The largest absolute Gasteiger partial charge is 0.497 e. The van der Waals surface area contributed by atoms with E-state index < -0.39 is 28.5 Å². The van der Waals surface area contributed by atoms with Crippen molar-refractivity contribution in [3.8, 4) is 5.75 Å². The highest BCUT2D eigenvalue weighted by Gasteiger charge is 2.35. The fraction of sp³-hybridized carbons (Fsp3) is 0.375. The van der Waals surface area contributed by atoms with Gasteiger partial charge in [-0.1, -0.05) is 80.3 Å². The van der Waals surface area contributed by atoms with E-state index in [1.54, 1.807) is 61.7 Å². The summed E-state index contributed by atoms with van der Waals surface area (Å²) in [5, 5.41) is 3.34. The first-order valence-corrected chi connectivity index (χ1v) is 16.1. The van der Waals surface area contributed by atoms with E-state index in [0.29, 0.717) is 12.2 Å². The third-order valence-corrected chi connectivity index (χ3v) is 9.67. The summed E-state index contributed by atoms with van der Waals surface area (Å²) in [4.78, 5) is 29.3. The molecule has 10 heteroatoms. The van der Waals surface area contributed by atoms with Gasteiger partial charge in [-0.05, 0) is 61.2 Å². The van der Waals surface area contributed by atoms with Gasteiger partial charge in [-0.15, -0.1) is 0 Å². The monoisotopic (exact) mass is 611 g/mol. The van der Waals surface area contributed by atoms with Gasteiger partial charge in [0.1, 0.15) is 18.3 Å². The number of carbonyl (C=O) groups excluding carboxylic acids is 2. The number of sulfonamides is 1. The Bertz CT molecular complexity index is 1440. The fourth-order valence-corrected chi connectivity index (χ4v) is 7.02. The van der Waals surface area contributed by atoms with Crippen LogP contribution in [0.1, 0.15) is 51.0 Å². The third kappa shape index (κ3) is 7.63. The van der Waals surface area contributed by atoms with Gasteiger partial charge in [0.05, 0.1) is 22.7 Å². The highest BCUT2D eigenvalue weighted by atomic mass is 35.5. The number of ether oxygens (including phenoxy) is 1. The molecular weight excluding hydrogens is 574 g/mol. The van der Waals surface area contributed by atoms with Crippen molar-refractivity contribution in [3.63, 3.8) is 0 Å². The molecule has 1 saturated carbocycles. The number of amides is 2. The molecule has 0 saturated heterocycles. The Morgan fingerprint density at radius 1 is 0.952 bits per heavy atom. The number of hydrogen-bond acceptors (Lipinski definition) is 5. The minimum atomic E-state index is -4.18. The molecule has 42 heavy (non-hydrogen) atoms. The van der Waals surface area contributed by atoms with Gasteiger partial charge >= 0.3 is 0 Å². The van der Waals surface area contributed by atoms with Gasteiger partial charge in [-0.25, -0.2) is 8.42 Å². The number of nitrogens with one attached hydrogen (secondary N) is 1. The SMILES string of the molecule is CCC(C(=O)NC1CCCCC1)N(Cc1ccc(OC)cc1)C(=O)CN(c1ccccc1Cl)S(=O)(=O)c1ccccc1. The maximum Gasteiger partial charge on any atom is 0.264 e. The molecule has 0 radical (unpaired) electrons. The lowest BCUT2D eigenvalue weighted by molar-refractivity contribution is -0.140. The van der Waals surface area contributed by atoms with Crippen LogP contribution >= 0.6 is 11.6 Å². The number of para-hydroxylation sites is 1. The number of methoxy groups -OCH3 is 1. The predicted molar refractivity (Wildman–Crippen MR) is 165 cm³/mol. The summed E-state index contributed by atoms with van der Waals surface area (Å²) in [6.07, 6.45) is 5.44. The van der Waals surface area contributed by atoms with Gasteiger partial charge in [0, 0.05) is 12.6 Å². The van der Waals surface area contributed by atoms with Crippen molar-refractivity contribution >= 4 is 39.1 Å². The highest BCUT2D eigenvalue weighted by molar-refractivity contribution is 7.92. The van der Waals surface area contributed by atoms with E-state index >= 15 is 0 Å².